The first-order chi connectivity index (χ1) is 9.13. The van der Waals surface area contributed by atoms with E-state index in [1.807, 2.05) is 4.57 Å². The smallest absolute Gasteiger partial charge is 0.272 e. The molecule has 3 rings (SSSR count). The number of hydrogen-bond donors (Lipinski definition) is 2. The van der Waals surface area contributed by atoms with Crippen LogP contribution in [0.4, 0.5) is 11.5 Å². The van der Waals surface area contributed by atoms with Crippen molar-refractivity contribution >= 4 is 29.0 Å². The summed E-state index contributed by atoms with van der Waals surface area (Å²) in [7, 11) is 0. The highest BCUT2D eigenvalue weighted by atomic mass is 35.5. The van der Waals surface area contributed by atoms with Crippen LogP contribution in [0.1, 0.15) is 29.4 Å². The molecule has 1 saturated carbocycles. The van der Waals surface area contributed by atoms with Gasteiger partial charge in [0.25, 0.3) is 5.91 Å². The fourth-order valence-corrected chi connectivity index (χ4v) is 2.17. The first kappa shape index (κ1) is 12.0. The molecule has 0 unspecified atom stereocenters. The average Bonchev–Trinajstić information content (AvgIpc) is 3.15. The number of nitrogens with one attached hydrogen (secondary N) is 1. The Balaban J connectivity index is 1.82. The van der Waals surface area contributed by atoms with Gasteiger partial charge >= 0.3 is 0 Å². The van der Waals surface area contributed by atoms with E-state index < -0.39 is 0 Å². The minimum Gasteiger partial charge on any atom is -0.384 e. The largest absolute Gasteiger partial charge is 0.384 e. The zero-order valence-electron chi connectivity index (χ0n) is 10.1. The van der Waals surface area contributed by atoms with Crippen molar-refractivity contribution in [1.82, 2.24) is 9.55 Å². The van der Waals surface area contributed by atoms with Crippen molar-refractivity contribution in [3.63, 3.8) is 0 Å². The maximum atomic E-state index is 12.2. The number of carbonyl (C=O) groups is 1. The molecule has 2 heterocycles. The van der Waals surface area contributed by atoms with Gasteiger partial charge in [0.15, 0.2) is 0 Å². The molecule has 5 nitrogen and oxygen atoms in total. The second-order valence-electron chi connectivity index (χ2n) is 4.61. The van der Waals surface area contributed by atoms with Gasteiger partial charge in [0.05, 0.1) is 16.9 Å². The first-order valence-electron chi connectivity index (χ1n) is 6.04. The molecule has 3 N–H and O–H groups in total. The lowest BCUT2D eigenvalue weighted by molar-refractivity contribution is 0.101. The molecule has 6 heteroatoms. The summed E-state index contributed by atoms with van der Waals surface area (Å²) in [4.78, 5) is 16.1. The topological polar surface area (TPSA) is 72.9 Å². The molecule has 0 aromatic carbocycles. The van der Waals surface area contributed by atoms with Crippen LogP contribution in [0, 0.1) is 0 Å². The molecule has 1 amide bonds. The van der Waals surface area contributed by atoms with Crippen LogP contribution >= 0.6 is 11.6 Å². The number of hydrogen-bond acceptors (Lipinski definition) is 3. The Morgan fingerprint density at radius 1 is 1.47 bits per heavy atom. The molecule has 2 aromatic heterocycles. The molecule has 1 aliphatic rings. The lowest BCUT2D eigenvalue weighted by Crippen LogP contribution is -2.16. The summed E-state index contributed by atoms with van der Waals surface area (Å²) >= 11 is 5.98. The number of halogens is 1. The van der Waals surface area contributed by atoms with Crippen molar-refractivity contribution < 1.29 is 4.79 Å². The molecule has 98 valence electrons. The van der Waals surface area contributed by atoms with Crippen LogP contribution in [0.3, 0.4) is 0 Å². The standard InChI is InChI=1S/C13H13ClN4O/c14-8-5-11(18(7-8)10-2-3-10)13(19)17-9-1-4-12(15)16-6-9/h1,4-7,10H,2-3H2,(H2,15,16)(H,17,19). The van der Waals surface area contributed by atoms with Crippen LogP contribution in [0.2, 0.25) is 5.02 Å². The molecular formula is C13H13ClN4O. The highest BCUT2D eigenvalue weighted by Gasteiger charge is 2.27. The van der Waals surface area contributed by atoms with E-state index in [0.29, 0.717) is 28.3 Å². The average molecular weight is 277 g/mol. The summed E-state index contributed by atoms with van der Waals surface area (Å²) in [5.41, 5.74) is 6.68. The van der Waals surface area contributed by atoms with E-state index in [0.717, 1.165) is 12.8 Å². The molecule has 0 bridgehead atoms. The summed E-state index contributed by atoms with van der Waals surface area (Å²) in [6, 6.07) is 5.44. The number of amides is 1. The van der Waals surface area contributed by atoms with Crippen molar-refractivity contribution in [2.24, 2.45) is 0 Å². The van der Waals surface area contributed by atoms with E-state index in [9.17, 15) is 4.79 Å². The van der Waals surface area contributed by atoms with Gasteiger partial charge < -0.3 is 15.6 Å². The third kappa shape index (κ3) is 2.56. The van der Waals surface area contributed by atoms with Gasteiger partial charge in [-0.15, -0.1) is 0 Å². The van der Waals surface area contributed by atoms with Crippen molar-refractivity contribution in [3.05, 3.63) is 41.3 Å². The maximum Gasteiger partial charge on any atom is 0.272 e. The Kier molecular flexibility index (Phi) is 2.91. The monoisotopic (exact) mass is 276 g/mol. The molecular weight excluding hydrogens is 264 g/mol. The molecule has 0 aliphatic heterocycles. The van der Waals surface area contributed by atoms with Gasteiger partial charge in [0.2, 0.25) is 0 Å². The number of nitrogens with zero attached hydrogens (tertiary/aromatic N) is 2. The molecule has 19 heavy (non-hydrogen) atoms. The minimum atomic E-state index is -0.189. The molecule has 0 saturated heterocycles. The number of nitrogen functional groups attached to an aromatic ring is 1. The highest BCUT2D eigenvalue weighted by Crippen LogP contribution is 2.37. The van der Waals surface area contributed by atoms with Gasteiger partial charge in [-0.3, -0.25) is 4.79 Å². The number of nitrogens with two attached hydrogens (primary N) is 1. The Labute approximate surface area is 115 Å². The summed E-state index contributed by atoms with van der Waals surface area (Å²) in [5, 5.41) is 3.36. The molecule has 2 aromatic rings. The predicted octanol–water partition coefficient (Wildman–Crippen LogP) is 2.71. The Morgan fingerprint density at radius 2 is 2.26 bits per heavy atom. The number of carbonyl (C=O) groups excluding carboxylic acids is 1. The zero-order valence-corrected chi connectivity index (χ0v) is 10.9. The van der Waals surface area contributed by atoms with E-state index in [-0.39, 0.29) is 5.91 Å². The van der Waals surface area contributed by atoms with Crippen molar-refractivity contribution in [1.29, 1.82) is 0 Å². The van der Waals surface area contributed by atoms with E-state index in [2.05, 4.69) is 10.3 Å². The normalized spacial score (nSPS) is 14.4. The van der Waals surface area contributed by atoms with Gasteiger partial charge in [0, 0.05) is 12.2 Å². The Morgan fingerprint density at radius 3 is 2.89 bits per heavy atom. The summed E-state index contributed by atoms with van der Waals surface area (Å²) in [5.74, 6) is 0.229. The van der Waals surface area contributed by atoms with Crippen LogP contribution in [0.5, 0.6) is 0 Å². The number of pyridine rings is 1. The summed E-state index contributed by atoms with van der Waals surface area (Å²) in [6.45, 7) is 0. The van der Waals surface area contributed by atoms with E-state index in [1.165, 1.54) is 6.20 Å². The van der Waals surface area contributed by atoms with Crippen LogP contribution in [-0.4, -0.2) is 15.5 Å². The fourth-order valence-electron chi connectivity index (χ4n) is 1.96. The zero-order chi connectivity index (χ0) is 13.4. The predicted molar refractivity (Wildman–Crippen MR) is 74.3 cm³/mol. The second kappa shape index (κ2) is 4.59. The number of anilines is 2. The van der Waals surface area contributed by atoms with Crippen molar-refractivity contribution in [2.45, 2.75) is 18.9 Å². The Hall–Kier alpha value is -2.01. The number of aromatic nitrogens is 2. The van der Waals surface area contributed by atoms with Crippen LogP contribution in [0.25, 0.3) is 0 Å². The van der Waals surface area contributed by atoms with E-state index in [4.69, 9.17) is 17.3 Å². The summed E-state index contributed by atoms with van der Waals surface area (Å²) in [6.07, 6.45) is 5.51. The Bertz CT molecular complexity index is 616. The van der Waals surface area contributed by atoms with Gasteiger partial charge in [-0.05, 0) is 31.0 Å². The van der Waals surface area contributed by atoms with Crippen molar-refractivity contribution in [2.75, 3.05) is 11.1 Å². The van der Waals surface area contributed by atoms with E-state index >= 15 is 0 Å². The van der Waals surface area contributed by atoms with Gasteiger partial charge in [0.1, 0.15) is 11.5 Å². The molecule has 1 aliphatic carbocycles. The molecule has 0 spiro atoms. The molecule has 0 atom stereocenters. The van der Waals surface area contributed by atoms with Crippen LogP contribution < -0.4 is 11.1 Å². The van der Waals surface area contributed by atoms with Crippen molar-refractivity contribution in [3.8, 4) is 0 Å². The maximum absolute atomic E-state index is 12.2. The van der Waals surface area contributed by atoms with E-state index in [1.54, 1.807) is 24.4 Å². The lowest BCUT2D eigenvalue weighted by atomic mass is 10.3. The third-order valence-corrected chi connectivity index (χ3v) is 3.24. The van der Waals surface area contributed by atoms with Crippen LogP contribution in [-0.2, 0) is 0 Å². The quantitative estimate of drug-likeness (QED) is 0.905. The van der Waals surface area contributed by atoms with Gasteiger partial charge in [-0.25, -0.2) is 4.98 Å². The SMILES string of the molecule is Nc1ccc(NC(=O)c2cc(Cl)cn2C2CC2)cn1. The fraction of sp³-hybridized carbons (Fsp3) is 0.231. The van der Waals surface area contributed by atoms with Gasteiger partial charge in [-0.1, -0.05) is 11.6 Å². The second-order valence-corrected chi connectivity index (χ2v) is 5.04. The highest BCUT2D eigenvalue weighted by molar-refractivity contribution is 6.31. The molecule has 0 radical (unpaired) electrons. The van der Waals surface area contributed by atoms with Gasteiger partial charge in [-0.2, -0.15) is 0 Å². The lowest BCUT2D eigenvalue weighted by Gasteiger charge is -2.08. The number of rotatable bonds is 3. The third-order valence-electron chi connectivity index (χ3n) is 3.03. The minimum absolute atomic E-state index is 0.189. The molecule has 1 fully saturated rings. The first-order valence-corrected chi connectivity index (χ1v) is 6.41. The summed E-state index contributed by atoms with van der Waals surface area (Å²) < 4.78 is 1.93. The van der Waals surface area contributed by atoms with Crippen LogP contribution in [0.15, 0.2) is 30.6 Å².